The van der Waals surface area contributed by atoms with Crippen LogP contribution in [0.1, 0.15) is 6.92 Å². The Kier molecular flexibility index (Phi) is 3.35. The smallest absolute Gasteiger partial charge is 0.129 e. The second-order valence-electron chi connectivity index (χ2n) is 4.29. The molecule has 2 rings (SSSR count). The molecule has 1 aromatic rings. The van der Waals surface area contributed by atoms with Crippen molar-refractivity contribution in [2.75, 3.05) is 0 Å². The van der Waals surface area contributed by atoms with Crippen molar-refractivity contribution in [1.82, 2.24) is 0 Å². The van der Waals surface area contributed by atoms with E-state index in [1.807, 2.05) is 43.3 Å². The van der Waals surface area contributed by atoms with Gasteiger partial charge in [0.25, 0.3) is 0 Å². The summed E-state index contributed by atoms with van der Waals surface area (Å²) in [6.07, 6.45) is 5.27. The molecule has 0 saturated carbocycles. The molecule has 2 unspecified atom stereocenters. The third kappa shape index (κ3) is 2.53. The van der Waals surface area contributed by atoms with Crippen molar-refractivity contribution in [2.24, 2.45) is 21.9 Å². The zero-order valence-electron chi connectivity index (χ0n) is 10.1. The van der Waals surface area contributed by atoms with Gasteiger partial charge in [-0.15, -0.1) is 0 Å². The van der Waals surface area contributed by atoms with E-state index in [9.17, 15) is 0 Å². The molecular weight excluding hydrogens is 224 g/mol. The summed E-state index contributed by atoms with van der Waals surface area (Å²) in [4.78, 5) is 0. The van der Waals surface area contributed by atoms with Gasteiger partial charge in [-0.05, 0) is 24.3 Å². The van der Waals surface area contributed by atoms with Gasteiger partial charge in [0.05, 0.1) is 17.5 Å². The summed E-state index contributed by atoms with van der Waals surface area (Å²) in [5.41, 5.74) is 6.49. The quantitative estimate of drug-likeness (QED) is 0.804. The Morgan fingerprint density at radius 3 is 2.61 bits per heavy atom. The first-order chi connectivity index (χ1) is 8.64. The van der Waals surface area contributed by atoms with Gasteiger partial charge in [-0.3, -0.25) is 0 Å². The molecule has 1 aliphatic rings. The highest BCUT2D eigenvalue weighted by molar-refractivity contribution is 5.38. The van der Waals surface area contributed by atoms with Crippen LogP contribution in [0, 0.1) is 17.2 Å². The number of nitrogens with zero attached hydrogens (tertiary/aromatic N) is 3. The third-order valence-corrected chi connectivity index (χ3v) is 2.93. The predicted molar refractivity (Wildman–Crippen MR) is 69.9 cm³/mol. The number of hydrogen-bond acceptors (Lipinski definition) is 4. The van der Waals surface area contributed by atoms with Crippen molar-refractivity contribution in [1.29, 1.82) is 5.26 Å². The molecule has 0 spiro atoms. The summed E-state index contributed by atoms with van der Waals surface area (Å²) in [7, 11) is 0. The summed E-state index contributed by atoms with van der Waals surface area (Å²) in [5.74, 6) is -0.0859. The van der Waals surface area contributed by atoms with Gasteiger partial charge in [0.15, 0.2) is 0 Å². The molecule has 0 amide bonds. The molecule has 1 aromatic carbocycles. The van der Waals surface area contributed by atoms with E-state index in [0.29, 0.717) is 0 Å². The summed E-state index contributed by atoms with van der Waals surface area (Å²) in [6, 6.07) is 11.6. The Hall–Kier alpha value is -2.25. The van der Waals surface area contributed by atoms with Gasteiger partial charge in [0, 0.05) is 5.92 Å². The van der Waals surface area contributed by atoms with Crippen molar-refractivity contribution < 1.29 is 0 Å². The molecule has 0 aliphatic heterocycles. The summed E-state index contributed by atoms with van der Waals surface area (Å²) in [6.45, 7) is 1.89. The van der Waals surface area contributed by atoms with Crippen LogP contribution in [0.3, 0.4) is 0 Å². The van der Waals surface area contributed by atoms with Gasteiger partial charge >= 0.3 is 0 Å². The lowest BCUT2D eigenvalue weighted by molar-refractivity contribution is 0.514. The molecule has 90 valence electrons. The van der Waals surface area contributed by atoms with E-state index in [1.165, 1.54) is 0 Å². The van der Waals surface area contributed by atoms with E-state index >= 15 is 0 Å². The second kappa shape index (κ2) is 4.94. The maximum absolute atomic E-state index is 9.01. The monoisotopic (exact) mass is 238 g/mol. The van der Waals surface area contributed by atoms with E-state index in [1.54, 1.807) is 12.2 Å². The van der Waals surface area contributed by atoms with Gasteiger partial charge in [-0.25, -0.2) is 0 Å². The fraction of sp³-hybridized carbons (Fsp3) is 0.214. The number of benzene rings is 1. The summed E-state index contributed by atoms with van der Waals surface area (Å²) in [5, 5.41) is 17.3. The minimum atomic E-state index is -0.939. The minimum Gasteiger partial charge on any atom is -0.310 e. The number of rotatable bonds is 2. The molecular formula is C14H14N4. The number of hydrogen-bond donors (Lipinski definition) is 1. The molecule has 2 atom stereocenters. The van der Waals surface area contributed by atoms with Crippen molar-refractivity contribution in [3.05, 3.63) is 54.3 Å². The molecule has 1 aliphatic carbocycles. The van der Waals surface area contributed by atoms with Gasteiger partial charge in [-0.2, -0.15) is 15.5 Å². The van der Waals surface area contributed by atoms with Crippen molar-refractivity contribution >= 4 is 5.69 Å². The van der Waals surface area contributed by atoms with E-state index in [0.717, 1.165) is 11.4 Å². The highest BCUT2D eigenvalue weighted by Gasteiger charge is 2.30. The topological polar surface area (TPSA) is 74.5 Å². The lowest BCUT2D eigenvalue weighted by atomic mass is 9.83. The zero-order valence-corrected chi connectivity index (χ0v) is 10.1. The SMILES string of the molecule is CC1C=C(N=Nc2ccccc2)C=CC1(N)C#N. The van der Waals surface area contributed by atoms with Crippen LogP contribution in [0.15, 0.2) is 64.5 Å². The molecule has 0 radical (unpaired) electrons. The van der Waals surface area contributed by atoms with Crippen LogP contribution < -0.4 is 5.73 Å². The van der Waals surface area contributed by atoms with E-state index < -0.39 is 5.54 Å². The fourth-order valence-corrected chi connectivity index (χ4v) is 1.64. The summed E-state index contributed by atoms with van der Waals surface area (Å²) < 4.78 is 0. The molecule has 0 bridgehead atoms. The van der Waals surface area contributed by atoms with Crippen LogP contribution in [0.5, 0.6) is 0 Å². The molecule has 18 heavy (non-hydrogen) atoms. The van der Waals surface area contributed by atoms with Crippen LogP contribution >= 0.6 is 0 Å². The van der Waals surface area contributed by atoms with Gasteiger partial charge < -0.3 is 5.73 Å². The Morgan fingerprint density at radius 2 is 2.00 bits per heavy atom. The predicted octanol–water partition coefficient (Wildman–Crippen LogP) is 3.08. The average molecular weight is 238 g/mol. The second-order valence-corrected chi connectivity index (χ2v) is 4.29. The fourth-order valence-electron chi connectivity index (χ4n) is 1.64. The lowest BCUT2D eigenvalue weighted by Crippen LogP contribution is -2.43. The zero-order chi connectivity index (χ0) is 13.0. The summed E-state index contributed by atoms with van der Waals surface area (Å²) >= 11 is 0. The number of azo groups is 1. The highest BCUT2D eigenvalue weighted by atomic mass is 15.1. The molecule has 0 aromatic heterocycles. The molecule has 4 heteroatoms. The Balaban J connectivity index is 2.15. The van der Waals surface area contributed by atoms with Gasteiger partial charge in [0.2, 0.25) is 0 Å². The van der Waals surface area contributed by atoms with Crippen molar-refractivity contribution in [3.63, 3.8) is 0 Å². The Morgan fingerprint density at radius 1 is 1.28 bits per heavy atom. The standard InChI is InChI=1S/C14H14N4/c1-11-9-13(7-8-14(11,16)10-15)18-17-12-5-3-2-4-6-12/h2-9,11H,16H2,1H3. The van der Waals surface area contributed by atoms with Gasteiger partial charge in [-0.1, -0.05) is 31.2 Å². The number of nitrogens with two attached hydrogens (primary N) is 1. The van der Waals surface area contributed by atoms with Crippen LogP contribution in [-0.2, 0) is 0 Å². The number of nitriles is 1. The van der Waals surface area contributed by atoms with Crippen LogP contribution in [-0.4, -0.2) is 5.54 Å². The first kappa shape index (κ1) is 12.2. The first-order valence-electron chi connectivity index (χ1n) is 5.72. The van der Waals surface area contributed by atoms with E-state index in [2.05, 4.69) is 16.3 Å². The molecule has 2 N–H and O–H groups in total. The number of allylic oxidation sites excluding steroid dienone is 1. The van der Waals surface area contributed by atoms with Crippen LogP contribution in [0.25, 0.3) is 0 Å². The molecule has 0 fully saturated rings. The lowest BCUT2D eigenvalue weighted by Gasteiger charge is -2.25. The highest BCUT2D eigenvalue weighted by Crippen LogP contribution is 2.25. The van der Waals surface area contributed by atoms with E-state index in [-0.39, 0.29) is 5.92 Å². The molecule has 0 heterocycles. The maximum Gasteiger partial charge on any atom is 0.129 e. The van der Waals surface area contributed by atoms with Crippen LogP contribution in [0.4, 0.5) is 5.69 Å². The maximum atomic E-state index is 9.01. The first-order valence-corrected chi connectivity index (χ1v) is 5.72. The normalized spacial score (nSPS) is 26.9. The molecule has 0 saturated heterocycles. The minimum absolute atomic E-state index is 0.0859. The van der Waals surface area contributed by atoms with E-state index in [4.69, 9.17) is 11.0 Å². The largest absolute Gasteiger partial charge is 0.310 e. The average Bonchev–Trinajstić information content (AvgIpc) is 2.41. The Bertz CT molecular complexity index is 551. The van der Waals surface area contributed by atoms with Crippen LogP contribution in [0.2, 0.25) is 0 Å². The van der Waals surface area contributed by atoms with Crippen molar-refractivity contribution in [2.45, 2.75) is 12.5 Å². The Labute approximate surface area is 106 Å². The third-order valence-electron chi connectivity index (χ3n) is 2.93. The van der Waals surface area contributed by atoms with Crippen molar-refractivity contribution in [3.8, 4) is 6.07 Å². The molecule has 4 nitrogen and oxygen atoms in total. The van der Waals surface area contributed by atoms with Gasteiger partial charge in [0.1, 0.15) is 5.54 Å².